The van der Waals surface area contributed by atoms with E-state index < -0.39 is 9.84 Å². The minimum absolute atomic E-state index is 0.0631. The fraction of sp³-hybridized carbons (Fsp3) is 0.471. The van der Waals surface area contributed by atoms with Crippen molar-refractivity contribution in [1.82, 2.24) is 10.8 Å². The summed E-state index contributed by atoms with van der Waals surface area (Å²) < 4.78 is 37.6. The van der Waals surface area contributed by atoms with E-state index in [1.54, 1.807) is 18.2 Å². The molecule has 0 radical (unpaired) electrons. The fourth-order valence-electron chi connectivity index (χ4n) is 3.12. The van der Waals surface area contributed by atoms with Gasteiger partial charge in [-0.2, -0.15) is 0 Å². The van der Waals surface area contributed by atoms with Crippen LogP contribution in [0.5, 0.6) is 0 Å². The largest absolute Gasteiger partial charge is 0.353 e. The molecule has 2 N–H and O–H groups in total. The summed E-state index contributed by atoms with van der Waals surface area (Å²) >= 11 is 0. The molecule has 136 valence electrons. The molecule has 0 aliphatic carbocycles. The number of carbonyl (C=O) groups excluding carboxylic acids is 1. The highest BCUT2D eigenvalue weighted by molar-refractivity contribution is 7.91. The average Bonchev–Trinajstić information content (AvgIpc) is 3.02. The first kappa shape index (κ1) is 17.9. The first-order chi connectivity index (χ1) is 11.8. The third kappa shape index (κ3) is 4.38. The van der Waals surface area contributed by atoms with Crippen LogP contribution in [0, 0.1) is 5.82 Å². The number of sulfone groups is 1. The molecule has 1 amide bonds. The lowest BCUT2D eigenvalue weighted by molar-refractivity contribution is -0.119. The van der Waals surface area contributed by atoms with Gasteiger partial charge in [0.2, 0.25) is 5.91 Å². The van der Waals surface area contributed by atoms with Gasteiger partial charge < -0.3 is 5.32 Å². The summed E-state index contributed by atoms with van der Waals surface area (Å²) in [6.07, 6.45) is 2.39. The molecule has 0 aromatic heterocycles. The maximum atomic E-state index is 14.5. The molecule has 1 aromatic rings. The van der Waals surface area contributed by atoms with Crippen molar-refractivity contribution in [2.75, 3.05) is 18.1 Å². The molecule has 1 atom stereocenters. The summed E-state index contributed by atoms with van der Waals surface area (Å²) in [5.41, 5.74) is 4.60. The van der Waals surface area contributed by atoms with Gasteiger partial charge in [-0.05, 0) is 36.5 Å². The van der Waals surface area contributed by atoms with E-state index in [1.165, 1.54) is 13.0 Å². The van der Waals surface area contributed by atoms with Crippen LogP contribution in [-0.2, 0) is 19.5 Å². The van der Waals surface area contributed by atoms with Crippen LogP contribution in [0.25, 0.3) is 5.70 Å². The highest BCUT2D eigenvalue weighted by atomic mass is 32.2. The van der Waals surface area contributed by atoms with Gasteiger partial charge in [-0.15, -0.1) is 0 Å². The lowest BCUT2D eigenvalue weighted by Gasteiger charge is -2.23. The zero-order valence-corrected chi connectivity index (χ0v) is 14.7. The smallest absolute Gasteiger partial charge is 0.216 e. The van der Waals surface area contributed by atoms with E-state index in [1.807, 2.05) is 0 Å². The van der Waals surface area contributed by atoms with Crippen molar-refractivity contribution in [2.45, 2.75) is 31.8 Å². The van der Waals surface area contributed by atoms with Crippen LogP contribution in [-0.4, -0.2) is 38.5 Å². The lowest BCUT2D eigenvalue weighted by Crippen LogP contribution is -2.30. The third-order valence-electron chi connectivity index (χ3n) is 4.53. The van der Waals surface area contributed by atoms with Crippen molar-refractivity contribution in [3.05, 3.63) is 41.2 Å². The van der Waals surface area contributed by atoms with Crippen molar-refractivity contribution in [3.8, 4) is 0 Å². The summed E-state index contributed by atoms with van der Waals surface area (Å²) in [6.45, 7) is 1.76. The lowest BCUT2D eigenvalue weighted by atomic mass is 9.92. The standard InChI is InChI=1S/C17H21FN2O4S/c1-11(21)19-10-14-9-17(20-24-14)13-2-3-15(16(18)8-13)12-4-6-25(22,23)7-5-12/h2-3,8-9,12,14,20H,4-7,10H2,1H3,(H,19,21). The number of hydrogen-bond donors (Lipinski definition) is 2. The molecule has 0 saturated carbocycles. The summed E-state index contributed by atoms with van der Waals surface area (Å²) in [4.78, 5) is 16.3. The monoisotopic (exact) mass is 368 g/mol. The quantitative estimate of drug-likeness (QED) is 0.841. The number of carbonyl (C=O) groups is 1. The van der Waals surface area contributed by atoms with Crippen LogP contribution in [0.1, 0.15) is 36.8 Å². The fourth-order valence-corrected chi connectivity index (χ4v) is 4.61. The number of benzene rings is 1. The van der Waals surface area contributed by atoms with Crippen LogP contribution in [0.2, 0.25) is 0 Å². The van der Waals surface area contributed by atoms with Crippen molar-refractivity contribution in [1.29, 1.82) is 0 Å². The maximum absolute atomic E-state index is 14.5. The molecule has 6 nitrogen and oxygen atoms in total. The second-order valence-electron chi connectivity index (χ2n) is 6.44. The zero-order chi connectivity index (χ0) is 18.0. The normalized spacial score (nSPS) is 23.0. The molecule has 3 rings (SSSR count). The molecule has 0 spiro atoms. The van der Waals surface area contributed by atoms with E-state index >= 15 is 0 Å². The van der Waals surface area contributed by atoms with E-state index in [-0.39, 0.29) is 35.3 Å². The number of rotatable bonds is 4. The van der Waals surface area contributed by atoms with E-state index in [0.29, 0.717) is 36.2 Å². The predicted molar refractivity (Wildman–Crippen MR) is 91.7 cm³/mol. The molecule has 25 heavy (non-hydrogen) atoms. The Labute approximate surface area is 146 Å². The molecule has 0 bridgehead atoms. The maximum Gasteiger partial charge on any atom is 0.216 e. The molecule has 2 aliphatic heterocycles. The topological polar surface area (TPSA) is 84.5 Å². The van der Waals surface area contributed by atoms with E-state index in [2.05, 4.69) is 10.8 Å². The molecule has 8 heteroatoms. The van der Waals surface area contributed by atoms with Crippen molar-refractivity contribution in [2.24, 2.45) is 0 Å². The number of halogens is 1. The Balaban J connectivity index is 1.70. The summed E-state index contributed by atoms with van der Waals surface area (Å²) in [5, 5.41) is 2.66. The summed E-state index contributed by atoms with van der Waals surface area (Å²) in [6, 6.07) is 4.95. The Morgan fingerprint density at radius 3 is 2.72 bits per heavy atom. The highest BCUT2D eigenvalue weighted by Gasteiger charge is 2.27. The van der Waals surface area contributed by atoms with Gasteiger partial charge in [0.25, 0.3) is 0 Å². The van der Waals surface area contributed by atoms with Crippen molar-refractivity contribution in [3.63, 3.8) is 0 Å². The molecular formula is C17H21FN2O4S. The van der Waals surface area contributed by atoms with Crippen LogP contribution in [0.3, 0.4) is 0 Å². The number of hydrogen-bond acceptors (Lipinski definition) is 5. The molecule has 2 heterocycles. The number of hydroxylamine groups is 1. The van der Waals surface area contributed by atoms with Gasteiger partial charge >= 0.3 is 0 Å². The molecule has 1 aromatic carbocycles. The molecule has 1 saturated heterocycles. The first-order valence-corrected chi connectivity index (χ1v) is 10.0. The van der Waals surface area contributed by atoms with Crippen molar-refractivity contribution < 1.29 is 22.4 Å². The minimum atomic E-state index is -2.96. The number of nitrogens with one attached hydrogen (secondary N) is 2. The first-order valence-electron chi connectivity index (χ1n) is 8.22. The van der Waals surface area contributed by atoms with Gasteiger partial charge in [-0.3, -0.25) is 15.1 Å². The molecule has 1 fully saturated rings. The van der Waals surface area contributed by atoms with Gasteiger partial charge in [0.1, 0.15) is 21.8 Å². The molecule has 1 unspecified atom stereocenters. The van der Waals surface area contributed by atoms with Crippen LogP contribution in [0.4, 0.5) is 4.39 Å². The predicted octanol–water partition coefficient (Wildman–Crippen LogP) is 1.50. The van der Waals surface area contributed by atoms with Crippen molar-refractivity contribution >= 4 is 21.4 Å². The van der Waals surface area contributed by atoms with Crippen LogP contribution < -0.4 is 10.8 Å². The van der Waals surface area contributed by atoms with Gasteiger partial charge in [0.15, 0.2) is 0 Å². The summed E-state index contributed by atoms with van der Waals surface area (Å²) in [7, 11) is -2.96. The Morgan fingerprint density at radius 2 is 2.08 bits per heavy atom. The molecule has 2 aliphatic rings. The zero-order valence-electron chi connectivity index (χ0n) is 13.9. The number of amides is 1. The van der Waals surface area contributed by atoms with Gasteiger partial charge in [0.05, 0.1) is 23.7 Å². The van der Waals surface area contributed by atoms with E-state index in [9.17, 15) is 17.6 Å². The Bertz CT molecular complexity index is 793. The van der Waals surface area contributed by atoms with E-state index in [4.69, 9.17) is 4.84 Å². The third-order valence-corrected chi connectivity index (χ3v) is 6.25. The Morgan fingerprint density at radius 1 is 1.36 bits per heavy atom. The van der Waals surface area contributed by atoms with Crippen LogP contribution in [0.15, 0.2) is 24.3 Å². The molecular weight excluding hydrogens is 347 g/mol. The second kappa shape index (κ2) is 7.13. The minimum Gasteiger partial charge on any atom is -0.353 e. The summed E-state index contributed by atoms with van der Waals surface area (Å²) in [5.74, 6) is -0.314. The highest BCUT2D eigenvalue weighted by Crippen LogP contribution is 2.32. The SMILES string of the molecule is CC(=O)NCC1C=C(c2ccc(C3CCS(=O)(=O)CC3)c(F)c2)NO1. The van der Waals surface area contributed by atoms with Gasteiger partial charge in [-0.1, -0.05) is 12.1 Å². The Kier molecular flexibility index (Phi) is 5.10. The second-order valence-corrected chi connectivity index (χ2v) is 8.74. The Hall–Kier alpha value is -1.93. The van der Waals surface area contributed by atoms with Gasteiger partial charge in [-0.25, -0.2) is 12.8 Å². The average molecular weight is 368 g/mol. The van der Waals surface area contributed by atoms with Gasteiger partial charge in [0, 0.05) is 12.5 Å². The van der Waals surface area contributed by atoms with E-state index in [0.717, 1.165) is 0 Å². The van der Waals surface area contributed by atoms with Crippen LogP contribution >= 0.6 is 0 Å².